The zero-order valence-electron chi connectivity index (χ0n) is 16.9. The van der Waals surface area contributed by atoms with Crippen molar-refractivity contribution in [1.29, 1.82) is 0 Å². The van der Waals surface area contributed by atoms with Gasteiger partial charge in [0.1, 0.15) is 11.3 Å². The van der Waals surface area contributed by atoms with E-state index in [1.165, 1.54) is 0 Å². The molecule has 0 aliphatic carbocycles. The Kier molecular flexibility index (Phi) is 4.69. The monoisotopic (exact) mass is 385 g/mol. The van der Waals surface area contributed by atoms with Gasteiger partial charge in [-0.2, -0.15) is 0 Å². The molecule has 2 aromatic rings. The molecule has 1 aromatic carbocycles. The molecule has 3 fully saturated rings. The highest BCUT2D eigenvalue weighted by molar-refractivity contribution is 5.99. The summed E-state index contributed by atoms with van der Waals surface area (Å²) in [4.78, 5) is 31.3. The second kappa shape index (κ2) is 7.04. The first-order valence-electron chi connectivity index (χ1n) is 9.73. The van der Waals surface area contributed by atoms with Crippen LogP contribution in [-0.2, 0) is 0 Å². The van der Waals surface area contributed by atoms with E-state index in [-0.39, 0.29) is 18.0 Å². The Morgan fingerprint density at radius 3 is 2.68 bits per heavy atom. The van der Waals surface area contributed by atoms with E-state index in [9.17, 15) is 9.59 Å². The minimum atomic E-state index is -0.0819. The van der Waals surface area contributed by atoms with Crippen molar-refractivity contribution in [2.45, 2.75) is 25.8 Å². The second-order valence-corrected chi connectivity index (χ2v) is 8.05. The summed E-state index contributed by atoms with van der Waals surface area (Å²) in [5.74, 6) is 1.31. The standard InChI is InChI=1S/C21H27N3O4/c1-13-17-8-7-16(27-4)9-18(17)28-19(13)20(25)24-11-14-5-6-15(24)12-23(10-14)21(26)22(2)3/h7-9,14-15H,5-6,10-12H2,1-4H3/t14-,15+/m0/s1. The van der Waals surface area contributed by atoms with Crippen molar-refractivity contribution in [3.63, 3.8) is 0 Å². The van der Waals surface area contributed by atoms with Crippen LogP contribution in [-0.4, -0.2) is 73.5 Å². The van der Waals surface area contributed by atoms with Crippen LogP contribution in [0.2, 0.25) is 0 Å². The summed E-state index contributed by atoms with van der Waals surface area (Å²) in [5.41, 5.74) is 1.51. The van der Waals surface area contributed by atoms with Gasteiger partial charge in [-0.3, -0.25) is 4.79 Å². The van der Waals surface area contributed by atoms with Crippen LogP contribution in [0.3, 0.4) is 0 Å². The van der Waals surface area contributed by atoms with Crippen molar-refractivity contribution in [1.82, 2.24) is 14.7 Å². The molecule has 150 valence electrons. The minimum absolute atomic E-state index is 0.0122. The molecule has 0 N–H and O–H groups in total. The summed E-state index contributed by atoms with van der Waals surface area (Å²) >= 11 is 0. The van der Waals surface area contributed by atoms with Crippen molar-refractivity contribution < 1.29 is 18.7 Å². The van der Waals surface area contributed by atoms with Crippen molar-refractivity contribution >= 4 is 22.9 Å². The molecule has 0 spiro atoms. The van der Waals surface area contributed by atoms with Crippen molar-refractivity contribution in [2.75, 3.05) is 40.8 Å². The number of amides is 3. The van der Waals surface area contributed by atoms with Gasteiger partial charge in [-0.1, -0.05) is 0 Å². The Bertz CT molecular complexity index is 920. The quantitative estimate of drug-likeness (QED) is 0.797. The van der Waals surface area contributed by atoms with Gasteiger partial charge in [0, 0.05) is 56.8 Å². The van der Waals surface area contributed by atoms with Crippen LogP contribution in [0.4, 0.5) is 4.79 Å². The maximum atomic E-state index is 13.4. The molecule has 1 aromatic heterocycles. The Morgan fingerprint density at radius 1 is 1.18 bits per heavy atom. The van der Waals surface area contributed by atoms with Gasteiger partial charge >= 0.3 is 6.03 Å². The number of hydrogen-bond donors (Lipinski definition) is 0. The first kappa shape index (κ1) is 18.7. The smallest absolute Gasteiger partial charge is 0.319 e. The lowest BCUT2D eigenvalue weighted by atomic mass is 9.94. The molecule has 7 nitrogen and oxygen atoms in total. The summed E-state index contributed by atoms with van der Waals surface area (Å²) in [5, 5.41) is 0.925. The average molecular weight is 385 g/mol. The van der Waals surface area contributed by atoms with Gasteiger partial charge in [-0.25, -0.2) is 4.79 Å². The molecule has 0 radical (unpaired) electrons. The Hall–Kier alpha value is -2.70. The molecule has 5 rings (SSSR count). The molecule has 4 heterocycles. The number of methoxy groups -OCH3 is 1. The molecule has 3 aliphatic heterocycles. The first-order chi connectivity index (χ1) is 13.4. The van der Waals surface area contributed by atoms with Crippen LogP contribution in [0.25, 0.3) is 11.0 Å². The number of carbonyl (C=O) groups is 2. The fraction of sp³-hybridized carbons (Fsp3) is 0.524. The summed E-state index contributed by atoms with van der Waals surface area (Å²) in [6.07, 6.45) is 1.96. The molecule has 3 aliphatic rings. The van der Waals surface area contributed by atoms with Gasteiger partial charge in [0.2, 0.25) is 0 Å². The second-order valence-electron chi connectivity index (χ2n) is 8.05. The van der Waals surface area contributed by atoms with Crippen LogP contribution < -0.4 is 4.74 Å². The van der Waals surface area contributed by atoms with Crippen LogP contribution in [0.15, 0.2) is 22.6 Å². The van der Waals surface area contributed by atoms with E-state index in [0.717, 1.165) is 23.8 Å². The summed E-state index contributed by atoms with van der Waals surface area (Å²) in [7, 11) is 5.14. The van der Waals surface area contributed by atoms with Gasteiger partial charge in [0.05, 0.1) is 7.11 Å². The average Bonchev–Trinajstić information content (AvgIpc) is 2.84. The van der Waals surface area contributed by atoms with Crippen molar-refractivity contribution in [2.24, 2.45) is 5.92 Å². The molecule has 3 amide bonds. The van der Waals surface area contributed by atoms with E-state index in [1.54, 1.807) is 26.1 Å². The maximum Gasteiger partial charge on any atom is 0.319 e. The third-order valence-electron chi connectivity index (χ3n) is 5.97. The summed E-state index contributed by atoms with van der Waals surface area (Å²) in [6, 6.07) is 5.65. The maximum absolute atomic E-state index is 13.4. The summed E-state index contributed by atoms with van der Waals surface area (Å²) in [6.45, 7) is 3.87. The normalized spacial score (nSPS) is 21.7. The van der Waals surface area contributed by atoms with Gasteiger partial charge in [0.15, 0.2) is 5.76 Å². The molecule has 3 saturated heterocycles. The predicted molar refractivity (Wildman–Crippen MR) is 106 cm³/mol. The van der Waals surface area contributed by atoms with Crippen LogP contribution in [0, 0.1) is 12.8 Å². The molecule has 2 bridgehead atoms. The molecular formula is C21H27N3O4. The highest BCUT2D eigenvalue weighted by atomic mass is 16.5. The zero-order valence-corrected chi connectivity index (χ0v) is 16.9. The number of piperidine rings is 1. The topological polar surface area (TPSA) is 66.2 Å². The highest BCUT2D eigenvalue weighted by Crippen LogP contribution is 2.33. The molecule has 28 heavy (non-hydrogen) atoms. The highest BCUT2D eigenvalue weighted by Gasteiger charge is 2.40. The Balaban J connectivity index is 1.63. The number of benzene rings is 1. The van der Waals surface area contributed by atoms with Crippen LogP contribution in [0.5, 0.6) is 5.75 Å². The zero-order chi connectivity index (χ0) is 20.0. The molecule has 0 saturated carbocycles. The number of ether oxygens (including phenoxy) is 1. The summed E-state index contributed by atoms with van der Waals surface area (Å²) < 4.78 is 11.2. The molecular weight excluding hydrogens is 358 g/mol. The molecule has 7 heteroatoms. The number of carbonyl (C=O) groups excluding carboxylic acids is 2. The number of fused-ring (bicyclic) bond motifs is 5. The Morgan fingerprint density at radius 2 is 1.96 bits per heavy atom. The van der Waals surface area contributed by atoms with Gasteiger partial charge in [0.25, 0.3) is 5.91 Å². The van der Waals surface area contributed by atoms with E-state index in [0.29, 0.717) is 42.6 Å². The van der Waals surface area contributed by atoms with E-state index in [2.05, 4.69) is 0 Å². The number of furan rings is 1. The van der Waals surface area contributed by atoms with E-state index >= 15 is 0 Å². The SMILES string of the molecule is COc1ccc2c(C)c(C(=O)N3C[C@H]4CC[C@@H]3CN(C(=O)N(C)C)C4)oc2c1. The van der Waals surface area contributed by atoms with E-state index < -0.39 is 0 Å². The van der Waals surface area contributed by atoms with Crippen molar-refractivity contribution in [3.8, 4) is 5.75 Å². The number of hydrogen-bond acceptors (Lipinski definition) is 4. The lowest BCUT2D eigenvalue weighted by Gasteiger charge is -2.35. The number of rotatable bonds is 2. The predicted octanol–water partition coefficient (Wildman–Crippen LogP) is 2.97. The first-order valence-corrected chi connectivity index (χ1v) is 9.73. The lowest BCUT2D eigenvalue weighted by molar-refractivity contribution is 0.0555. The van der Waals surface area contributed by atoms with Gasteiger partial charge in [-0.05, 0) is 37.8 Å². The number of urea groups is 1. The van der Waals surface area contributed by atoms with Crippen molar-refractivity contribution in [3.05, 3.63) is 29.5 Å². The van der Waals surface area contributed by atoms with Crippen LogP contribution in [0.1, 0.15) is 29.0 Å². The third-order valence-corrected chi connectivity index (χ3v) is 5.97. The fourth-order valence-corrected chi connectivity index (χ4v) is 4.44. The number of aryl methyl sites for hydroxylation is 1. The molecule has 0 unspecified atom stereocenters. The Labute approximate surface area is 164 Å². The number of nitrogens with zero attached hydrogens (tertiary/aromatic N) is 3. The van der Waals surface area contributed by atoms with Gasteiger partial charge in [-0.15, -0.1) is 0 Å². The van der Waals surface area contributed by atoms with E-state index in [4.69, 9.17) is 9.15 Å². The van der Waals surface area contributed by atoms with Gasteiger partial charge < -0.3 is 23.9 Å². The van der Waals surface area contributed by atoms with Crippen LogP contribution >= 0.6 is 0 Å². The lowest BCUT2D eigenvalue weighted by Crippen LogP contribution is -2.48. The molecule has 2 atom stereocenters. The third kappa shape index (κ3) is 3.08. The minimum Gasteiger partial charge on any atom is -0.497 e. The fourth-order valence-electron chi connectivity index (χ4n) is 4.44. The van der Waals surface area contributed by atoms with E-state index in [1.807, 2.05) is 34.9 Å². The largest absolute Gasteiger partial charge is 0.497 e.